The number of pyridine rings is 1. The zero-order chi connectivity index (χ0) is 28.6. The molecule has 2 aromatic carbocycles. The molecular weight excluding hydrogens is 530 g/mol. The average molecular weight is 558 g/mol. The number of ether oxygens (including phenoxy) is 1. The van der Waals surface area contributed by atoms with Crippen molar-refractivity contribution in [2.75, 3.05) is 30.3 Å². The lowest BCUT2D eigenvalue weighted by Gasteiger charge is -2.32. The zero-order valence-corrected chi connectivity index (χ0v) is 22.6. The van der Waals surface area contributed by atoms with Crippen LogP contribution in [0.3, 0.4) is 0 Å². The number of esters is 1. The lowest BCUT2D eigenvalue weighted by atomic mass is 9.96. The van der Waals surface area contributed by atoms with Crippen LogP contribution < -0.4 is 10.6 Å². The summed E-state index contributed by atoms with van der Waals surface area (Å²) >= 11 is 5.86. The zero-order valence-electron chi connectivity index (χ0n) is 21.9. The first-order chi connectivity index (χ1) is 19.3. The highest BCUT2D eigenvalue weighted by Gasteiger charge is 2.27. The van der Waals surface area contributed by atoms with Crippen LogP contribution in [0.15, 0.2) is 60.8 Å². The molecule has 1 saturated heterocycles. The van der Waals surface area contributed by atoms with Crippen molar-refractivity contribution in [1.82, 2.24) is 9.88 Å². The van der Waals surface area contributed by atoms with Crippen LogP contribution in [-0.4, -0.2) is 53.2 Å². The highest BCUT2D eigenvalue weighted by Crippen LogP contribution is 2.23. The van der Waals surface area contributed by atoms with Gasteiger partial charge in [-0.05, 0) is 62.2 Å². The number of nitrogens with one attached hydrogen (secondary N) is 3. The fraction of sp³-hybridized carbons (Fsp3) is 0.233. The van der Waals surface area contributed by atoms with Gasteiger partial charge in [-0.15, -0.1) is 6.42 Å². The topological polar surface area (TPSA) is 124 Å². The van der Waals surface area contributed by atoms with Gasteiger partial charge in [0, 0.05) is 36.0 Å². The van der Waals surface area contributed by atoms with E-state index >= 15 is 0 Å². The number of anilines is 2. The fourth-order valence-electron chi connectivity index (χ4n) is 4.32. The Kier molecular flexibility index (Phi) is 9.15. The molecule has 0 atom stereocenters. The second-order valence-electron chi connectivity index (χ2n) is 9.11. The number of benzene rings is 2. The largest absolute Gasteiger partial charge is 0.466 e. The molecule has 0 saturated carbocycles. The van der Waals surface area contributed by atoms with E-state index in [0.29, 0.717) is 65.9 Å². The summed E-state index contributed by atoms with van der Waals surface area (Å²) in [5.74, 6) is 1.86. The van der Waals surface area contributed by atoms with Crippen molar-refractivity contribution < 1.29 is 19.1 Å². The molecule has 0 bridgehead atoms. The molecule has 4 rings (SSSR count). The van der Waals surface area contributed by atoms with E-state index in [0.717, 1.165) is 0 Å². The molecule has 204 valence electrons. The predicted molar refractivity (Wildman–Crippen MR) is 154 cm³/mol. The number of likely N-dealkylation sites (tertiary alicyclic amines) is 1. The molecule has 1 aliphatic heterocycles. The number of carbonyl (C=O) groups is 3. The summed E-state index contributed by atoms with van der Waals surface area (Å²) in [5.41, 5.74) is 1.92. The summed E-state index contributed by atoms with van der Waals surface area (Å²) in [6, 6.07) is 14.5. The Bertz CT molecular complexity index is 1460. The summed E-state index contributed by atoms with van der Waals surface area (Å²) in [4.78, 5) is 44.0. The maximum absolute atomic E-state index is 13.1. The number of amides is 2. The summed E-state index contributed by atoms with van der Waals surface area (Å²) in [5, 5.41) is 14.5. The quantitative estimate of drug-likeness (QED) is 0.165. The van der Waals surface area contributed by atoms with Crippen LogP contribution in [-0.2, 0) is 9.53 Å². The summed E-state index contributed by atoms with van der Waals surface area (Å²) in [7, 11) is 0. The lowest BCUT2D eigenvalue weighted by Crippen LogP contribution is -2.40. The molecule has 0 spiro atoms. The lowest BCUT2D eigenvalue weighted by molar-refractivity contribution is -0.149. The number of amidine groups is 1. The molecule has 1 aromatic heterocycles. The smallest absolute Gasteiger partial charge is 0.309 e. The number of hydrogen-bond donors (Lipinski definition) is 3. The molecule has 40 heavy (non-hydrogen) atoms. The van der Waals surface area contributed by atoms with Gasteiger partial charge in [-0.1, -0.05) is 29.7 Å². The molecule has 3 aromatic rings. The minimum absolute atomic E-state index is 0.140. The third-order valence-corrected chi connectivity index (χ3v) is 6.72. The van der Waals surface area contributed by atoms with Gasteiger partial charge in [0.1, 0.15) is 11.7 Å². The van der Waals surface area contributed by atoms with E-state index in [4.69, 9.17) is 28.2 Å². The van der Waals surface area contributed by atoms with E-state index in [1.54, 1.807) is 55.5 Å². The first kappa shape index (κ1) is 28.3. The molecular formula is C30H28ClN5O4. The Balaban J connectivity index is 1.42. The Morgan fingerprint density at radius 2 is 1.75 bits per heavy atom. The van der Waals surface area contributed by atoms with E-state index in [-0.39, 0.29) is 23.1 Å². The molecule has 1 fully saturated rings. The first-order valence-electron chi connectivity index (χ1n) is 12.7. The number of piperidine rings is 1. The Morgan fingerprint density at radius 3 is 2.38 bits per heavy atom. The van der Waals surface area contributed by atoms with Crippen LogP contribution in [0.1, 0.15) is 51.6 Å². The van der Waals surface area contributed by atoms with Gasteiger partial charge >= 0.3 is 5.97 Å². The first-order valence-corrected chi connectivity index (χ1v) is 13.1. The second kappa shape index (κ2) is 12.9. The third kappa shape index (κ3) is 6.84. The van der Waals surface area contributed by atoms with Gasteiger partial charge in [-0.3, -0.25) is 19.8 Å². The van der Waals surface area contributed by atoms with Crippen LogP contribution >= 0.6 is 11.6 Å². The second-order valence-corrected chi connectivity index (χ2v) is 9.55. The van der Waals surface area contributed by atoms with Gasteiger partial charge in [0.05, 0.1) is 28.8 Å². The van der Waals surface area contributed by atoms with Crippen molar-refractivity contribution in [1.29, 1.82) is 5.41 Å². The number of halogens is 1. The molecule has 0 unspecified atom stereocenters. The molecule has 2 heterocycles. The average Bonchev–Trinajstić information content (AvgIpc) is 2.98. The van der Waals surface area contributed by atoms with Crippen molar-refractivity contribution >= 4 is 46.7 Å². The van der Waals surface area contributed by atoms with Crippen molar-refractivity contribution in [3.05, 3.63) is 88.1 Å². The number of carbonyl (C=O) groups excluding carboxylic acids is 3. The van der Waals surface area contributed by atoms with E-state index in [2.05, 4.69) is 21.5 Å². The maximum Gasteiger partial charge on any atom is 0.309 e. The van der Waals surface area contributed by atoms with Crippen molar-refractivity contribution in [2.45, 2.75) is 19.8 Å². The van der Waals surface area contributed by atoms with Gasteiger partial charge in [0.25, 0.3) is 11.8 Å². The minimum Gasteiger partial charge on any atom is -0.466 e. The normalized spacial score (nSPS) is 13.2. The molecule has 3 N–H and O–H groups in total. The fourth-order valence-corrected chi connectivity index (χ4v) is 4.43. The van der Waals surface area contributed by atoms with Crippen LogP contribution in [0.4, 0.5) is 11.5 Å². The highest BCUT2D eigenvalue weighted by atomic mass is 35.5. The standard InChI is InChI=1S/C30H28ClN5O4/c1-3-19-5-11-25(24(17-19)29(38)35-26-12-10-23(31)18-33-26)34-28(37)21-8-6-20(7-9-21)27(32)36-15-13-22(14-16-36)30(39)40-4-2/h1,5-12,17-18,22,32H,4,13-16H2,2H3,(H,34,37)(H,33,35,38). The number of nitrogens with zero attached hydrogens (tertiary/aromatic N) is 2. The molecule has 0 aliphatic carbocycles. The Morgan fingerprint density at radius 1 is 1.05 bits per heavy atom. The maximum atomic E-state index is 13.1. The molecule has 9 nitrogen and oxygen atoms in total. The van der Waals surface area contributed by atoms with Crippen LogP contribution in [0.25, 0.3) is 0 Å². The minimum atomic E-state index is -0.502. The van der Waals surface area contributed by atoms with Crippen molar-refractivity contribution in [3.63, 3.8) is 0 Å². The number of aromatic nitrogens is 1. The Labute approximate surface area is 237 Å². The molecule has 1 aliphatic rings. The molecule has 0 radical (unpaired) electrons. The number of terminal acetylenes is 1. The number of hydrogen-bond acceptors (Lipinski definition) is 6. The van der Waals surface area contributed by atoms with Gasteiger partial charge in [0.15, 0.2) is 0 Å². The SMILES string of the molecule is C#Cc1ccc(NC(=O)c2ccc(C(=N)N3CCC(C(=O)OCC)CC3)cc2)c(C(=O)Nc2ccc(Cl)cn2)c1. The van der Waals surface area contributed by atoms with Crippen LogP contribution in [0, 0.1) is 23.7 Å². The van der Waals surface area contributed by atoms with Crippen molar-refractivity contribution in [3.8, 4) is 12.3 Å². The summed E-state index contributed by atoms with van der Waals surface area (Å²) in [6.45, 7) is 3.31. The van der Waals surface area contributed by atoms with Gasteiger partial charge in [0.2, 0.25) is 0 Å². The monoisotopic (exact) mass is 557 g/mol. The molecule has 10 heteroatoms. The number of rotatable bonds is 7. The van der Waals surface area contributed by atoms with Gasteiger partial charge in [-0.2, -0.15) is 0 Å². The molecule has 2 amide bonds. The van der Waals surface area contributed by atoms with Gasteiger partial charge in [-0.25, -0.2) is 4.98 Å². The van der Waals surface area contributed by atoms with Crippen molar-refractivity contribution in [2.24, 2.45) is 5.92 Å². The van der Waals surface area contributed by atoms with E-state index in [9.17, 15) is 14.4 Å². The predicted octanol–water partition coefficient (Wildman–Crippen LogP) is 4.82. The Hall–Kier alpha value is -4.68. The van der Waals surface area contributed by atoms with E-state index < -0.39 is 11.8 Å². The van der Waals surface area contributed by atoms with Gasteiger partial charge < -0.3 is 20.3 Å². The van der Waals surface area contributed by atoms with Crippen LogP contribution in [0.2, 0.25) is 5.02 Å². The summed E-state index contributed by atoms with van der Waals surface area (Å²) < 4.78 is 5.12. The third-order valence-electron chi connectivity index (χ3n) is 6.50. The van der Waals surface area contributed by atoms with E-state index in [1.807, 2.05) is 4.90 Å². The van der Waals surface area contributed by atoms with E-state index in [1.165, 1.54) is 12.3 Å². The highest BCUT2D eigenvalue weighted by molar-refractivity contribution is 6.30. The van der Waals surface area contributed by atoms with Crippen LogP contribution in [0.5, 0.6) is 0 Å². The summed E-state index contributed by atoms with van der Waals surface area (Å²) in [6.07, 6.45) is 8.19.